The fourth-order valence-corrected chi connectivity index (χ4v) is 4.44. The van der Waals surface area contributed by atoms with Crippen LogP contribution in [-0.4, -0.2) is 34.1 Å². The van der Waals surface area contributed by atoms with E-state index in [1.165, 1.54) is 9.77 Å². The van der Waals surface area contributed by atoms with Crippen LogP contribution in [0.4, 0.5) is 5.13 Å². The topological polar surface area (TPSA) is 45.2 Å². The number of nitrogens with one attached hydrogen (secondary N) is 1. The normalized spacial score (nSPS) is 14.7. The zero-order valence-electron chi connectivity index (χ0n) is 14.3. The van der Waals surface area contributed by atoms with Crippen LogP contribution in [0.1, 0.15) is 41.7 Å². The fraction of sp³-hybridized carbons (Fsp3) is 0.444. The second-order valence-electron chi connectivity index (χ2n) is 6.11. The summed E-state index contributed by atoms with van der Waals surface area (Å²) in [5.41, 5.74) is 1.81. The highest BCUT2D eigenvalue weighted by atomic mass is 32.2. The Morgan fingerprint density at radius 1 is 1.38 bits per heavy atom. The molecule has 6 heteroatoms. The first-order chi connectivity index (χ1) is 11.6. The van der Waals surface area contributed by atoms with Gasteiger partial charge in [0.25, 0.3) is 5.91 Å². The van der Waals surface area contributed by atoms with Gasteiger partial charge in [0.1, 0.15) is 0 Å². The van der Waals surface area contributed by atoms with Crippen molar-refractivity contribution in [3.05, 3.63) is 40.4 Å². The lowest BCUT2D eigenvalue weighted by atomic mass is 10.1. The molecule has 0 fully saturated rings. The van der Waals surface area contributed by atoms with Gasteiger partial charge in [0, 0.05) is 40.9 Å². The first kappa shape index (κ1) is 17.5. The number of thiazole rings is 1. The maximum Gasteiger partial charge on any atom is 0.257 e. The van der Waals surface area contributed by atoms with Crippen molar-refractivity contribution >= 4 is 34.1 Å². The number of nitrogens with zero attached hydrogens (tertiary/aromatic N) is 2. The van der Waals surface area contributed by atoms with Crippen LogP contribution in [0.5, 0.6) is 0 Å². The van der Waals surface area contributed by atoms with Crippen LogP contribution in [0, 0.1) is 0 Å². The Bertz CT molecular complexity index is 710. The van der Waals surface area contributed by atoms with Gasteiger partial charge in [-0.2, -0.15) is 0 Å². The minimum absolute atomic E-state index is 0.0881. The van der Waals surface area contributed by atoms with Crippen molar-refractivity contribution in [3.63, 3.8) is 0 Å². The van der Waals surface area contributed by atoms with Gasteiger partial charge in [-0.25, -0.2) is 4.98 Å². The number of fused-ring (bicyclic) bond motifs is 1. The molecule has 1 N–H and O–H groups in total. The van der Waals surface area contributed by atoms with Crippen molar-refractivity contribution in [2.24, 2.45) is 0 Å². The van der Waals surface area contributed by atoms with E-state index in [9.17, 15) is 4.79 Å². The third kappa shape index (κ3) is 3.99. The van der Waals surface area contributed by atoms with E-state index in [-0.39, 0.29) is 5.91 Å². The van der Waals surface area contributed by atoms with Crippen molar-refractivity contribution in [2.75, 3.05) is 17.6 Å². The number of hydrogen-bond acceptors (Lipinski definition) is 5. The van der Waals surface area contributed by atoms with Crippen LogP contribution in [0.25, 0.3) is 0 Å². The Morgan fingerprint density at radius 3 is 2.79 bits per heavy atom. The molecule has 1 aliphatic rings. The predicted molar refractivity (Wildman–Crippen MR) is 102 cm³/mol. The monoisotopic (exact) mass is 361 g/mol. The molecule has 1 aliphatic heterocycles. The molecule has 0 unspecified atom stereocenters. The Balaban J connectivity index is 1.67. The molecule has 1 aromatic heterocycles. The molecule has 0 saturated carbocycles. The number of hydrogen-bond donors (Lipinski definition) is 1. The highest BCUT2D eigenvalue weighted by Crippen LogP contribution is 2.29. The van der Waals surface area contributed by atoms with Crippen LogP contribution < -0.4 is 5.32 Å². The van der Waals surface area contributed by atoms with Crippen LogP contribution in [0.15, 0.2) is 29.2 Å². The Kier molecular flexibility index (Phi) is 5.58. The molecular weight excluding hydrogens is 338 g/mol. The number of benzene rings is 1. The third-order valence-electron chi connectivity index (χ3n) is 4.14. The first-order valence-corrected chi connectivity index (χ1v) is 10.1. The zero-order valence-corrected chi connectivity index (χ0v) is 16.0. The summed E-state index contributed by atoms with van der Waals surface area (Å²) < 4.78 is 0. The number of thioether (sulfide) groups is 1. The van der Waals surface area contributed by atoms with Gasteiger partial charge in [0.2, 0.25) is 0 Å². The summed E-state index contributed by atoms with van der Waals surface area (Å²) in [6, 6.07) is 8.29. The molecule has 0 aliphatic carbocycles. The third-order valence-corrected chi connectivity index (χ3v) is 6.03. The maximum absolute atomic E-state index is 12.4. The lowest BCUT2D eigenvalue weighted by Crippen LogP contribution is -2.35. The molecule has 0 atom stereocenters. The summed E-state index contributed by atoms with van der Waals surface area (Å²) in [7, 11) is 0. The average Bonchev–Trinajstić information content (AvgIpc) is 2.97. The molecule has 1 aromatic carbocycles. The largest absolute Gasteiger partial charge is 0.298 e. The van der Waals surface area contributed by atoms with Gasteiger partial charge in [0.05, 0.1) is 5.69 Å². The van der Waals surface area contributed by atoms with E-state index in [0.29, 0.717) is 16.7 Å². The summed E-state index contributed by atoms with van der Waals surface area (Å²) in [5, 5.41) is 3.66. The average molecular weight is 362 g/mol. The van der Waals surface area contributed by atoms with E-state index < -0.39 is 0 Å². The van der Waals surface area contributed by atoms with Crippen molar-refractivity contribution < 1.29 is 4.79 Å². The van der Waals surface area contributed by atoms with Crippen LogP contribution in [0.3, 0.4) is 0 Å². The van der Waals surface area contributed by atoms with Crippen molar-refractivity contribution in [2.45, 2.75) is 44.7 Å². The lowest BCUT2D eigenvalue weighted by molar-refractivity contribution is 0.102. The van der Waals surface area contributed by atoms with Crippen LogP contribution >= 0.6 is 23.1 Å². The van der Waals surface area contributed by atoms with E-state index >= 15 is 0 Å². The van der Waals surface area contributed by atoms with E-state index in [4.69, 9.17) is 0 Å². The van der Waals surface area contributed by atoms with Gasteiger partial charge in [-0.3, -0.25) is 15.0 Å². The number of carbonyl (C=O) groups excluding carboxylic acids is 1. The van der Waals surface area contributed by atoms with E-state index in [2.05, 4.69) is 36.0 Å². The summed E-state index contributed by atoms with van der Waals surface area (Å²) >= 11 is 3.38. The number of carbonyl (C=O) groups is 1. The van der Waals surface area contributed by atoms with Gasteiger partial charge in [-0.15, -0.1) is 23.1 Å². The lowest BCUT2D eigenvalue weighted by Gasteiger charge is -2.29. The number of anilines is 1. The SMILES string of the molecule is CCSc1ccc(C(=O)Nc2nc3c(s2)CN(C(C)C)CC3)cc1. The molecule has 24 heavy (non-hydrogen) atoms. The minimum Gasteiger partial charge on any atom is -0.298 e. The Hall–Kier alpha value is -1.37. The van der Waals surface area contributed by atoms with Crippen molar-refractivity contribution in [1.82, 2.24) is 9.88 Å². The molecule has 128 valence electrons. The molecule has 0 saturated heterocycles. The number of aromatic nitrogens is 1. The van der Waals surface area contributed by atoms with E-state index in [1.807, 2.05) is 24.3 Å². The second kappa shape index (κ2) is 7.68. The molecule has 4 nitrogen and oxygen atoms in total. The minimum atomic E-state index is -0.0881. The van der Waals surface area contributed by atoms with Crippen LogP contribution in [0.2, 0.25) is 0 Å². The predicted octanol–water partition coefficient (Wildman–Crippen LogP) is 4.27. The Morgan fingerprint density at radius 2 is 2.12 bits per heavy atom. The molecule has 0 bridgehead atoms. The molecule has 3 rings (SSSR count). The quantitative estimate of drug-likeness (QED) is 0.808. The summed E-state index contributed by atoms with van der Waals surface area (Å²) in [5.74, 6) is 0.943. The molecule has 0 spiro atoms. The number of rotatable bonds is 5. The summed E-state index contributed by atoms with van der Waals surface area (Å²) in [6.07, 6.45) is 0.961. The smallest absolute Gasteiger partial charge is 0.257 e. The molecule has 2 heterocycles. The van der Waals surface area contributed by atoms with Crippen molar-refractivity contribution in [1.29, 1.82) is 0 Å². The molecule has 0 radical (unpaired) electrons. The second-order valence-corrected chi connectivity index (χ2v) is 8.54. The maximum atomic E-state index is 12.4. The Labute approximate surface area is 151 Å². The van der Waals surface area contributed by atoms with Gasteiger partial charge in [0.15, 0.2) is 5.13 Å². The molecule has 1 amide bonds. The highest BCUT2D eigenvalue weighted by molar-refractivity contribution is 7.99. The van der Waals surface area contributed by atoms with Gasteiger partial charge < -0.3 is 0 Å². The van der Waals surface area contributed by atoms with Crippen LogP contribution in [-0.2, 0) is 13.0 Å². The van der Waals surface area contributed by atoms with Gasteiger partial charge >= 0.3 is 0 Å². The fourth-order valence-electron chi connectivity index (χ4n) is 2.75. The van der Waals surface area contributed by atoms with E-state index in [1.54, 1.807) is 23.1 Å². The van der Waals surface area contributed by atoms with Gasteiger partial charge in [-0.05, 0) is 43.9 Å². The molecular formula is C18H23N3OS2. The molecule has 2 aromatic rings. The van der Waals surface area contributed by atoms with Crippen molar-refractivity contribution in [3.8, 4) is 0 Å². The standard InChI is InChI=1S/C18H23N3OS2/c1-4-23-14-7-5-13(6-8-14)17(22)20-18-19-15-9-10-21(12(2)3)11-16(15)24-18/h5-8,12H,4,9-11H2,1-3H3,(H,19,20,22). The number of amides is 1. The summed E-state index contributed by atoms with van der Waals surface area (Å²) in [4.78, 5) is 21.9. The van der Waals surface area contributed by atoms with Gasteiger partial charge in [-0.1, -0.05) is 6.92 Å². The zero-order chi connectivity index (χ0) is 17.1. The highest BCUT2D eigenvalue weighted by Gasteiger charge is 2.22. The first-order valence-electron chi connectivity index (χ1n) is 8.33. The summed E-state index contributed by atoms with van der Waals surface area (Å²) in [6.45, 7) is 8.53. The van der Waals surface area contributed by atoms with E-state index in [0.717, 1.165) is 31.0 Å².